The average molecular weight is 263 g/mol. The highest BCUT2D eigenvalue weighted by Crippen LogP contribution is 2.27. The largest absolute Gasteiger partial charge is 0.273 e. The number of nitrogens with zero attached hydrogens (tertiary/aromatic N) is 1. The van der Waals surface area contributed by atoms with E-state index >= 15 is 0 Å². The summed E-state index contributed by atoms with van der Waals surface area (Å²) < 4.78 is 25.3. The molecule has 1 aromatic rings. The molecule has 0 spiro atoms. The second-order valence-corrected chi connectivity index (χ2v) is 5.82. The Balaban J connectivity index is 3.32. The summed E-state index contributed by atoms with van der Waals surface area (Å²) in [7, 11) is 1.41. The highest BCUT2D eigenvalue weighted by Gasteiger charge is 2.16. The highest BCUT2D eigenvalue weighted by atomic mass is 79.9. The fraction of sp³-hybridized carbons (Fsp3) is 0. The van der Waals surface area contributed by atoms with E-state index in [-0.39, 0.29) is 4.21 Å². The number of aromatic nitrogens is 1. The number of hydrogen-bond acceptors (Lipinski definition) is 4. The summed E-state index contributed by atoms with van der Waals surface area (Å²) in [5.41, 5.74) is 0. The Morgan fingerprint density at radius 1 is 1.70 bits per heavy atom. The molecular formula is C3HBrClNO2S2. The van der Waals surface area contributed by atoms with Crippen LogP contribution in [0.1, 0.15) is 0 Å². The van der Waals surface area contributed by atoms with Crippen LogP contribution in [0.3, 0.4) is 0 Å². The zero-order valence-corrected chi connectivity index (χ0v) is 8.39. The van der Waals surface area contributed by atoms with Gasteiger partial charge >= 0.3 is 0 Å². The summed E-state index contributed by atoms with van der Waals surface area (Å²) in [5, 5.41) is 0. The Hall–Kier alpha value is 0.350. The molecule has 0 fully saturated rings. The summed E-state index contributed by atoms with van der Waals surface area (Å²) in [5.74, 6) is 0. The molecule has 0 aliphatic carbocycles. The van der Waals surface area contributed by atoms with E-state index in [1.165, 1.54) is 6.20 Å². The molecule has 0 aromatic carbocycles. The topological polar surface area (TPSA) is 47.0 Å². The summed E-state index contributed by atoms with van der Waals surface area (Å²) in [4.78, 5) is 0. The minimum absolute atomic E-state index is 0.0502. The molecule has 1 rings (SSSR count). The minimum Gasteiger partial charge on any atom is -0.206 e. The number of halogens is 2. The van der Waals surface area contributed by atoms with Gasteiger partial charge in [0, 0.05) is 10.7 Å². The molecule has 0 aliphatic heterocycles. The number of rotatable bonds is 1. The molecular weight excluding hydrogens is 262 g/mol. The predicted octanol–water partition coefficient (Wildman–Crippen LogP) is 1.83. The van der Waals surface area contributed by atoms with Crippen molar-refractivity contribution in [2.24, 2.45) is 0 Å². The molecule has 0 amide bonds. The molecule has 7 heteroatoms. The second kappa shape index (κ2) is 2.77. The van der Waals surface area contributed by atoms with Crippen molar-refractivity contribution in [2.75, 3.05) is 0 Å². The van der Waals surface area contributed by atoms with Crippen molar-refractivity contribution < 1.29 is 8.42 Å². The maximum atomic E-state index is 10.6. The fourth-order valence-corrected chi connectivity index (χ4v) is 3.42. The van der Waals surface area contributed by atoms with E-state index in [9.17, 15) is 8.42 Å². The quantitative estimate of drug-likeness (QED) is 0.726. The van der Waals surface area contributed by atoms with Crippen molar-refractivity contribution in [3.8, 4) is 0 Å². The molecule has 0 saturated heterocycles. The van der Waals surface area contributed by atoms with Gasteiger partial charge in [-0.1, -0.05) is 0 Å². The Kier molecular flexibility index (Phi) is 2.34. The lowest BCUT2D eigenvalue weighted by molar-refractivity contribution is 0.611. The van der Waals surface area contributed by atoms with Gasteiger partial charge in [0.05, 0.1) is 10.7 Å². The molecule has 0 aliphatic rings. The van der Waals surface area contributed by atoms with Crippen LogP contribution in [0.15, 0.2) is 14.9 Å². The van der Waals surface area contributed by atoms with Crippen LogP contribution >= 0.6 is 38.1 Å². The van der Waals surface area contributed by atoms with Gasteiger partial charge in [0.25, 0.3) is 9.05 Å². The minimum atomic E-state index is -3.61. The SMILES string of the molecule is O=S(=O)(Cl)c1sncc1Br. The average Bonchev–Trinajstić information content (AvgIpc) is 2.11. The van der Waals surface area contributed by atoms with Crippen molar-refractivity contribution in [3.05, 3.63) is 10.7 Å². The van der Waals surface area contributed by atoms with Gasteiger partial charge in [-0.05, 0) is 27.5 Å². The third kappa shape index (κ3) is 1.69. The van der Waals surface area contributed by atoms with Gasteiger partial charge in [-0.15, -0.1) is 0 Å². The monoisotopic (exact) mass is 261 g/mol. The van der Waals surface area contributed by atoms with Gasteiger partial charge in [0.1, 0.15) is 0 Å². The zero-order chi connectivity index (χ0) is 7.78. The third-order valence-electron chi connectivity index (χ3n) is 0.718. The third-order valence-corrected chi connectivity index (χ3v) is 4.72. The van der Waals surface area contributed by atoms with Crippen molar-refractivity contribution in [2.45, 2.75) is 4.21 Å². The van der Waals surface area contributed by atoms with Gasteiger partial charge in [-0.3, -0.25) is 0 Å². The van der Waals surface area contributed by atoms with E-state index in [1.54, 1.807) is 0 Å². The van der Waals surface area contributed by atoms with Crippen LogP contribution in [0, 0.1) is 0 Å². The van der Waals surface area contributed by atoms with Crippen molar-refractivity contribution in [1.82, 2.24) is 4.37 Å². The number of hydrogen-bond donors (Lipinski definition) is 0. The first kappa shape index (κ1) is 8.45. The van der Waals surface area contributed by atoms with Crippen molar-refractivity contribution >= 4 is 47.2 Å². The zero-order valence-electron chi connectivity index (χ0n) is 4.41. The van der Waals surface area contributed by atoms with Crippen LogP contribution in [-0.4, -0.2) is 12.8 Å². The lowest BCUT2D eigenvalue weighted by atomic mass is 10.8. The van der Waals surface area contributed by atoms with Crippen LogP contribution in [0.2, 0.25) is 0 Å². The predicted molar refractivity (Wildman–Crippen MR) is 42.9 cm³/mol. The maximum Gasteiger partial charge on any atom is 0.273 e. The normalized spacial score (nSPS) is 11.8. The Bertz CT molecular complexity index is 332. The Labute approximate surface area is 74.7 Å². The smallest absolute Gasteiger partial charge is 0.206 e. The van der Waals surface area contributed by atoms with E-state index < -0.39 is 9.05 Å². The van der Waals surface area contributed by atoms with E-state index in [4.69, 9.17) is 10.7 Å². The molecule has 0 saturated carbocycles. The summed E-state index contributed by atoms with van der Waals surface area (Å²) in [6, 6.07) is 0. The van der Waals surface area contributed by atoms with Crippen LogP contribution in [0.5, 0.6) is 0 Å². The molecule has 0 radical (unpaired) electrons. The lowest BCUT2D eigenvalue weighted by Gasteiger charge is -1.86. The fourth-order valence-electron chi connectivity index (χ4n) is 0.378. The van der Waals surface area contributed by atoms with Crippen LogP contribution in [-0.2, 0) is 9.05 Å². The standard InChI is InChI=1S/C3HBrClNO2S2/c4-2-1-6-9-3(2)10(5,7)8/h1H. The first-order valence-electron chi connectivity index (χ1n) is 2.06. The molecule has 10 heavy (non-hydrogen) atoms. The molecule has 3 nitrogen and oxygen atoms in total. The lowest BCUT2D eigenvalue weighted by Crippen LogP contribution is -1.85. The molecule has 1 aromatic heterocycles. The Morgan fingerprint density at radius 3 is 2.50 bits per heavy atom. The highest BCUT2D eigenvalue weighted by molar-refractivity contribution is 9.10. The van der Waals surface area contributed by atoms with Gasteiger partial charge in [-0.2, -0.15) is 4.37 Å². The van der Waals surface area contributed by atoms with Crippen LogP contribution in [0.25, 0.3) is 0 Å². The molecule has 0 unspecified atom stereocenters. The summed E-state index contributed by atoms with van der Waals surface area (Å²) >= 11 is 3.83. The van der Waals surface area contributed by atoms with Crippen LogP contribution < -0.4 is 0 Å². The van der Waals surface area contributed by atoms with Gasteiger partial charge < -0.3 is 0 Å². The molecule has 1 heterocycles. The van der Waals surface area contributed by atoms with Crippen molar-refractivity contribution in [3.63, 3.8) is 0 Å². The first-order chi connectivity index (χ1) is 4.52. The summed E-state index contributed by atoms with van der Waals surface area (Å²) in [6.07, 6.45) is 1.39. The summed E-state index contributed by atoms with van der Waals surface area (Å²) in [6.45, 7) is 0. The maximum absolute atomic E-state index is 10.6. The molecule has 0 N–H and O–H groups in total. The molecule has 0 bridgehead atoms. The molecule has 0 atom stereocenters. The Morgan fingerprint density at radius 2 is 2.30 bits per heavy atom. The van der Waals surface area contributed by atoms with Crippen LogP contribution in [0.4, 0.5) is 0 Å². The van der Waals surface area contributed by atoms with Gasteiger partial charge in [0.2, 0.25) is 0 Å². The van der Waals surface area contributed by atoms with E-state index in [1.807, 2.05) is 0 Å². The van der Waals surface area contributed by atoms with E-state index in [2.05, 4.69) is 20.3 Å². The second-order valence-electron chi connectivity index (χ2n) is 1.40. The molecule has 56 valence electrons. The van der Waals surface area contributed by atoms with Gasteiger partial charge in [0.15, 0.2) is 4.21 Å². The van der Waals surface area contributed by atoms with E-state index in [0.717, 1.165) is 11.5 Å². The van der Waals surface area contributed by atoms with Crippen molar-refractivity contribution in [1.29, 1.82) is 0 Å². The van der Waals surface area contributed by atoms with Gasteiger partial charge in [-0.25, -0.2) is 8.42 Å². The van der Waals surface area contributed by atoms with E-state index in [0.29, 0.717) is 4.47 Å². The first-order valence-corrected chi connectivity index (χ1v) is 5.94.